The van der Waals surface area contributed by atoms with Crippen LogP contribution < -0.4 is 4.74 Å². The van der Waals surface area contributed by atoms with Crippen molar-refractivity contribution in [3.63, 3.8) is 0 Å². The lowest BCUT2D eigenvalue weighted by molar-refractivity contribution is 0.0527. The summed E-state index contributed by atoms with van der Waals surface area (Å²) in [5.74, 6) is 1.30. The van der Waals surface area contributed by atoms with Gasteiger partial charge in [-0.25, -0.2) is 4.98 Å². The van der Waals surface area contributed by atoms with Crippen LogP contribution in [-0.2, 0) is 0 Å². The normalized spacial score (nSPS) is 16.6. The smallest absolute Gasteiger partial charge is 0.253 e. The molecule has 1 amide bonds. The Morgan fingerprint density at radius 1 is 1.04 bits per heavy atom. The number of carbonyl (C=O) groups excluding carboxylic acids is 1. The van der Waals surface area contributed by atoms with E-state index in [1.54, 1.807) is 12.3 Å². The first kappa shape index (κ1) is 18.2. The zero-order valence-electron chi connectivity index (χ0n) is 15.9. The number of nitrogens with zero attached hydrogens (tertiary/aromatic N) is 3. The number of hydrogen-bond acceptors (Lipinski definition) is 4. The molecule has 1 atom stereocenters. The third-order valence-electron chi connectivity index (χ3n) is 4.94. The Morgan fingerprint density at radius 3 is 2.54 bits per heavy atom. The van der Waals surface area contributed by atoms with Crippen LogP contribution in [0.25, 0.3) is 11.1 Å². The maximum absolute atomic E-state index is 12.9. The average molecular weight is 373 g/mol. The molecular formula is C23H23N3O2. The Balaban J connectivity index is 1.42. The topological polar surface area (TPSA) is 55.3 Å². The first-order valence-electron chi connectivity index (χ1n) is 9.60. The lowest BCUT2D eigenvalue weighted by atomic mass is 10.0. The third kappa shape index (κ3) is 4.19. The number of hydrogen-bond donors (Lipinski definition) is 0. The van der Waals surface area contributed by atoms with Gasteiger partial charge in [0.15, 0.2) is 0 Å². The molecule has 3 aromatic rings. The van der Waals surface area contributed by atoms with Gasteiger partial charge in [-0.1, -0.05) is 42.5 Å². The Morgan fingerprint density at radius 2 is 1.79 bits per heavy atom. The van der Waals surface area contributed by atoms with Crippen LogP contribution >= 0.6 is 0 Å². The van der Waals surface area contributed by atoms with Crippen LogP contribution in [0.3, 0.4) is 0 Å². The molecule has 1 saturated heterocycles. The van der Waals surface area contributed by atoms with Gasteiger partial charge in [0.25, 0.3) is 5.91 Å². The van der Waals surface area contributed by atoms with Crippen molar-refractivity contribution in [1.82, 2.24) is 14.9 Å². The summed E-state index contributed by atoms with van der Waals surface area (Å²) in [4.78, 5) is 23.2. The van der Waals surface area contributed by atoms with E-state index in [2.05, 4.69) is 22.1 Å². The summed E-state index contributed by atoms with van der Waals surface area (Å²) in [7, 11) is 0. The van der Waals surface area contributed by atoms with E-state index in [4.69, 9.17) is 4.74 Å². The van der Waals surface area contributed by atoms with E-state index >= 15 is 0 Å². The van der Waals surface area contributed by atoms with Gasteiger partial charge in [0.05, 0.1) is 6.54 Å². The minimum absolute atomic E-state index is 0.0457. The van der Waals surface area contributed by atoms with E-state index in [1.165, 1.54) is 0 Å². The van der Waals surface area contributed by atoms with E-state index in [0.717, 1.165) is 30.5 Å². The minimum Gasteiger partial charge on any atom is -0.472 e. The fourth-order valence-corrected chi connectivity index (χ4v) is 3.51. The highest BCUT2D eigenvalue weighted by Crippen LogP contribution is 2.22. The minimum atomic E-state index is -0.0457. The van der Waals surface area contributed by atoms with E-state index in [9.17, 15) is 4.79 Å². The second-order valence-electron chi connectivity index (χ2n) is 7.02. The Bertz CT molecular complexity index is 942. The fraction of sp³-hybridized carbons (Fsp3) is 0.261. The number of piperidine rings is 1. The maximum atomic E-state index is 12.9. The Hall–Kier alpha value is -3.21. The largest absolute Gasteiger partial charge is 0.472 e. The van der Waals surface area contributed by atoms with Gasteiger partial charge in [0.1, 0.15) is 11.9 Å². The Labute approximate surface area is 165 Å². The molecule has 0 spiro atoms. The maximum Gasteiger partial charge on any atom is 0.253 e. The summed E-state index contributed by atoms with van der Waals surface area (Å²) in [6, 6.07) is 19.7. The van der Waals surface area contributed by atoms with Crippen LogP contribution in [0.1, 0.15) is 29.0 Å². The second-order valence-corrected chi connectivity index (χ2v) is 7.02. The number of amides is 1. The fourth-order valence-electron chi connectivity index (χ4n) is 3.51. The lowest BCUT2D eigenvalue weighted by Crippen LogP contribution is -2.44. The molecule has 142 valence electrons. The van der Waals surface area contributed by atoms with Crippen molar-refractivity contribution in [3.8, 4) is 17.0 Å². The summed E-state index contributed by atoms with van der Waals surface area (Å²) >= 11 is 0. The van der Waals surface area contributed by atoms with Gasteiger partial charge in [-0.15, -0.1) is 0 Å². The highest BCUT2D eigenvalue weighted by Gasteiger charge is 2.26. The summed E-state index contributed by atoms with van der Waals surface area (Å²) in [5.41, 5.74) is 2.96. The highest BCUT2D eigenvalue weighted by atomic mass is 16.5. The molecule has 0 bridgehead atoms. The third-order valence-corrected chi connectivity index (χ3v) is 4.94. The van der Waals surface area contributed by atoms with Crippen LogP contribution in [0.15, 0.2) is 66.9 Å². The molecule has 2 heterocycles. The summed E-state index contributed by atoms with van der Waals surface area (Å²) < 4.78 is 5.98. The number of likely N-dealkylation sites (tertiary alicyclic amines) is 1. The zero-order valence-corrected chi connectivity index (χ0v) is 15.9. The first-order valence-corrected chi connectivity index (χ1v) is 9.60. The average Bonchev–Trinajstić information content (AvgIpc) is 2.74. The van der Waals surface area contributed by atoms with E-state index < -0.39 is 0 Å². The van der Waals surface area contributed by atoms with Crippen LogP contribution in [0.2, 0.25) is 0 Å². The predicted octanol–water partition coefficient (Wildman–Crippen LogP) is 4.14. The summed E-state index contributed by atoms with van der Waals surface area (Å²) in [6.07, 6.45) is 3.48. The van der Waals surface area contributed by atoms with Crippen molar-refractivity contribution < 1.29 is 9.53 Å². The Kier molecular flexibility index (Phi) is 5.33. The zero-order chi connectivity index (χ0) is 19.3. The molecule has 0 radical (unpaired) electrons. The van der Waals surface area contributed by atoms with E-state index in [1.807, 2.05) is 54.3 Å². The van der Waals surface area contributed by atoms with Crippen LogP contribution in [0.5, 0.6) is 5.88 Å². The molecule has 5 heteroatoms. The van der Waals surface area contributed by atoms with Gasteiger partial charge in [-0.2, -0.15) is 4.98 Å². The summed E-state index contributed by atoms with van der Waals surface area (Å²) in [6.45, 7) is 3.16. The quantitative estimate of drug-likeness (QED) is 0.690. The van der Waals surface area contributed by atoms with Crippen molar-refractivity contribution in [2.45, 2.75) is 25.9 Å². The van der Waals surface area contributed by atoms with Crippen molar-refractivity contribution >= 4 is 5.91 Å². The number of aromatic nitrogens is 2. The second kappa shape index (κ2) is 8.21. The molecule has 28 heavy (non-hydrogen) atoms. The molecule has 1 unspecified atom stereocenters. The van der Waals surface area contributed by atoms with Crippen molar-refractivity contribution in [1.29, 1.82) is 0 Å². The monoisotopic (exact) mass is 373 g/mol. The number of ether oxygens (including phenoxy) is 1. The van der Waals surface area contributed by atoms with Gasteiger partial charge < -0.3 is 9.64 Å². The molecule has 1 aromatic heterocycles. The number of carbonyl (C=O) groups is 1. The van der Waals surface area contributed by atoms with Crippen molar-refractivity contribution in [2.24, 2.45) is 0 Å². The molecule has 0 saturated carbocycles. The van der Waals surface area contributed by atoms with Crippen LogP contribution in [0.4, 0.5) is 0 Å². The van der Waals surface area contributed by atoms with Gasteiger partial charge >= 0.3 is 0 Å². The first-order chi connectivity index (χ1) is 13.7. The number of benzene rings is 2. The molecule has 5 nitrogen and oxygen atoms in total. The molecule has 4 rings (SSSR count). The van der Waals surface area contributed by atoms with Gasteiger partial charge in [0.2, 0.25) is 5.88 Å². The molecular weight excluding hydrogens is 350 g/mol. The predicted molar refractivity (Wildman–Crippen MR) is 108 cm³/mol. The van der Waals surface area contributed by atoms with Crippen LogP contribution in [-0.4, -0.2) is 40.0 Å². The van der Waals surface area contributed by atoms with E-state index in [-0.39, 0.29) is 12.0 Å². The van der Waals surface area contributed by atoms with Crippen molar-refractivity contribution in [2.75, 3.05) is 13.1 Å². The SMILES string of the molecule is Cc1nccc(OC2CCCN(C(=O)c3ccc(-c4ccccc4)cc3)C2)n1. The molecule has 0 aliphatic carbocycles. The van der Waals surface area contributed by atoms with Gasteiger partial charge in [0, 0.05) is 24.4 Å². The molecule has 1 fully saturated rings. The van der Waals surface area contributed by atoms with Crippen LogP contribution in [0, 0.1) is 6.92 Å². The van der Waals surface area contributed by atoms with Crippen molar-refractivity contribution in [3.05, 3.63) is 78.2 Å². The number of rotatable bonds is 4. The molecule has 0 N–H and O–H groups in total. The molecule has 1 aliphatic rings. The lowest BCUT2D eigenvalue weighted by Gasteiger charge is -2.32. The summed E-state index contributed by atoms with van der Waals surface area (Å²) in [5, 5.41) is 0. The number of aryl methyl sites for hydroxylation is 1. The highest BCUT2D eigenvalue weighted by molar-refractivity contribution is 5.94. The molecule has 2 aromatic carbocycles. The standard InChI is InChI=1S/C23H23N3O2/c1-17-24-14-13-22(25-17)28-21-8-5-15-26(16-21)23(27)20-11-9-19(10-12-20)18-6-3-2-4-7-18/h2-4,6-7,9-14,21H,5,8,15-16H2,1H3. The molecule has 1 aliphatic heterocycles. The van der Waals surface area contributed by atoms with Gasteiger partial charge in [-0.3, -0.25) is 4.79 Å². The van der Waals surface area contributed by atoms with Gasteiger partial charge in [-0.05, 0) is 43.0 Å². The van der Waals surface area contributed by atoms with E-state index in [0.29, 0.717) is 23.8 Å².